The highest BCUT2D eigenvalue weighted by atomic mass is 19.4. The lowest BCUT2D eigenvalue weighted by atomic mass is 9.86. The first-order valence-corrected chi connectivity index (χ1v) is 10.1. The van der Waals surface area contributed by atoms with Crippen LogP contribution < -0.4 is 10.1 Å². The molecule has 3 rings (SSSR count). The molecule has 0 spiro atoms. The predicted octanol–water partition coefficient (Wildman–Crippen LogP) is 3.67. The van der Waals surface area contributed by atoms with Gasteiger partial charge in [0.15, 0.2) is 5.78 Å². The van der Waals surface area contributed by atoms with E-state index in [1.807, 2.05) is 5.32 Å². The van der Waals surface area contributed by atoms with Crippen molar-refractivity contribution in [2.24, 2.45) is 0 Å². The fourth-order valence-corrected chi connectivity index (χ4v) is 4.06. The molecule has 1 aliphatic heterocycles. The van der Waals surface area contributed by atoms with Crippen molar-refractivity contribution in [3.05, 3.63) is 77.0 Å². The number of para-hydroxylation sites is 1. The van der Waals surface area contributed by atoms with E-state index in [1.54, 1.807) is 36.4 Å². The van der Waals surface area contributed by atoms with Crippen LogP contribution in [0.5, 0.6) is 5.75 Å². The van der Waals surface area contributed by atoms with E-state index in [1.165, 1.54) is 32.2 Å². The van der Waals surface area contributed by atoms with Crippen LogP contribution in [0.4, 0.5) is 13.2 Å². The van der Waals surface area contributed by atoms with E-state index < -0.39 is 34.9 Å². The standard InChI is InChI=1S/C24H23F3N2O4/c1-15-20(16(2)30)23(24(25,26)27,28-21(31)18-11-7-8-12-19(18)33-3)22(32)29(15)14-13-17-9-5-4-6-10-17/h4-12H,13-14H2,1-3H3,(H,28,31). The molecule has 1 unspecified atom stereocenters. The molecule has 9 heteroatoms. The molecule has 174 valence electrons. The number of hydrogen-bond donors (Lipinski definition) is 1. The van der Waals surface area contributed by atoms with Crippen molar-refractivity contribution >= 4 is 17.6 Å². The molecule has 2 aromatic carbocycles. The third-order valence-corrected chi connectivity index (χ3v) is 5.60. The second-order valence-corrected chi connectivity index (χ2v) is 7.61. The third-order valence-electron chi connectivity index (χ3n) is 5.60. The Morgan fingerprint density at radius 1 is 1.06 bits per heavy atom. The molecule has 6 nitrogen and oxygen atoms in total. The Morgan fingerprint density at radius 2 is 1.67 bits per heavy atom. The van der Waals surface area contributed by atoms with E-state index >= 15 is 0 Å². The minimum absolute atomic E-state index is 0.0313. The highest BCUT2D eigenvalue weighted by Crippen LogP contribution is 2.45. The fraction of sp³-hybridized carbons (Fsp3) is 0.292. The van der Waals surface area contributed by atoms with E-state index in [9.17, 15) is 27.6 Å². The van der Waals surface area contributed by atoms with Crippen LogP contribution in [0.3, 0.4) is 0 Å². The van der Waals surface area contributed by atoms with Gasteiger partial charge in [-0.05, 0) is 38.0 Å². The molecular formula is C24H23F3N2O4. The van der Waals surface area contributed by atoms with Gasteiger partial charge in [-0.15, -0.1) is 0 Å². The maximum atomic E-state index is 14.6. The summed E-state index contributed by atoms with van der Waals surface area (Å²) < 4.78 is 48.8. The van der Waals surface area contributed by atoms with Gasteiger partial charge in [-0.3, -0.25) is 14.4 Å². The molecule has 0 aliphatic carbocycles. The first kappa shape index (κ1) is 24.0. The lowest BCUT2D eigenvalue weighted by Gasteiger charge is -2.33. The second kappa shape index (κ2) is 9.09. The van der Waals surface area contributed by atoms with Gasteiger partial charge >= 0.3 is 6.18 Å². The van der Waals surface area contributed by atoms with E-state index in [0.29, 0.717) is 0 Å². The van der Waals surface area contributed by atoms with E-state index in [4.69, 9.17) is 4.74 Å². The number of halogens is 3. The smallest absolute Gasteiger partial charge is 0.425 e. The summed E-state index contributed by atoms with van der Waals surface area (Å²) in [5.41, 5.74) is -3.82. The van der Waals surface area contributed by atoms with Crippen molar-refractivity contribution < 1.29 is 32.3 Å². The third kappa shape index (κ3) is 4.22. The van der Waals surface area contributed by atoms with Crippen LogP contribution in [0.25, 0.3) is 0 Å². The summed E-state index contributed by atoms with van der Waals surface area (Å²) in [6.45, 7) is 2.14. The van der Waals surface area contributed by atoms with E-state index in [2.05, 4.69) is 0 Å². The number of nitrogens with one attached hydrogen (secondary N) is 1. The number of nitrogens with zero attached hydrogens (tertiary/aromatic N) is 1. The van der Waals surface area contributed by atoms with Crippen LogP contribution in [0, 0.1) is 0 Å². The zero-order chi connectivity index (χ0) is 24.4. The molecule has 0 fully saturated rings. The number of hydrogen-bond acceptors (Lipinski definition) is 4. The number of ether oxygens (including phenoxy) is 1. The van der Waals surface area contributed by atoms with E-state index in [0.717, 1.165) is 17.4 Å². The molecule has 1 atom stereocenters. The number of carbonyl (C=O) groups excluding carboxylic acids is 3. The molecule has 0 bridgehead atoms. The van der Waals surface area contributed by atoms with Gasteiger partial charge in [0.25, 0.3) is 11.8 Å². The van der Waals surface area contributed by atoms with Crippen molar-refractivity contribution in [3.63, 3.8) is 0 Å². The zero-order valence-corrected chi connectivity index (χ0v) is 18.3. The Balaban J connectivity index is 2.06. The van der Waals surface area contributed by atoms with E-state index in [-0.39, 0.29) is 30.0 Å². The van der Waals surface area contributed by atoms with Crippen LogP contribution in [0.15, 0.2) is 65.9 Å². The molecule has 0 aromatic heterocycles. The van der Waals surface area contributed by atoms with Crippen molar-refractivity contribution in [3.8, 4) is 5.75 Å². The minimum atomic E-state index is -5.27. The molecule has 2 amide bonds. The summed E-state index contributed by atoms with van der Waals surface area (Å²) >= 11 is 0. The predicted molar refractivity (Wildman–Crippen MR) is 114 cm³/mol. The van der Waals surface area contributed by atoms with Crippen molar-refractivity contribution in [1.82, 2.24) is 10.2 Å². The average Bonchev–Trinajstić information content (AvgIpc) is 2.99. The Kier molecular flexibility index (Phi) is 6.62. The highest BCUT2D eigenvalue weighted by Gasteiger charge is 2.69. The highest BCUT2D eigenvalue weighted by molar-refractivity contribution is 6.13. The SMILES string of the molecule is COc1ccccc1C(=O)NC1(C(F)(F)F)C(=O)N(CCc2ccccc2)C(C)=C1C(C)=O. The summed E-state index contributed by atoms with van der Waals surface area (Å²) in [6.07, 6.45) is -5.00. The normalized spacial score (nSPS) is 18.5. The summed E-state index contributed by atoms with van der Waals surface area (Å²) in [7, 11) is 1.27. The van der Waals surface area contributed by atoms with Crippen molar-refractivity contribution in [2.45, 2.75) is 32.0 Å². The molecule has 0 saturated heterocycles. The quantitative estimate of drug-likeness (QED) is 0.684. The van der Waals surface area contributed by atoms with Crippen molar-refractivity contribution in [2.75, 3.05) is 13.7 Å². The molecule has 2 aromatic rings. The first-order chi connectivity index (χ1) is 15.5. The number of rotatable bonds is 7. The van der Waals surface area contributed by atoms with Gasteiger partial charge in [0, 0.05) is 12.2 Å². The number of ketones is 1. The molecular weight excluding hydrogens is 437 g/mol. The Morgan fingerprint density at radius 3 is 2.24 bits per heavy atom. The van der Waals surface area contributed by atoms with Crippen molar-refractivity contribution in [1.29, 1.82) is 0 Å². The molecule has 1 aliphatic rings. The Bertz CT molecular complexity index is 1110. The summed E-state index contributed by atoms with van der Waals surface area (Å²) in [5.74, 6) is -3.53. The molecule has 0 radical (unpaired) electrons. The fourth-order valence-electron chi connectivity index (χ4n) is 4.06. The zero-order valence-electron chi connectivity index (χ0n) is 18.3. The lowest BCUT2D eigenvalue weighted by molar-refractivity contribution is -0.190. The van der Waals surface area contributed by atoms with Gasteiger partial charge < -0.3 is 15.0 Å². The number of amides is 2. The van der Waals surface area contributed by atoms with Crippen LogP contribution in [-0.4, -0.2) is 47.9 Å². The van der Waals surface area contributed by atoms with Gasteiger partial charge in [0.1, 0.15) is 5.75 Å². The summed E-state index contributed by atoms with van der Waals surface area (Å²) in [6, 6.07) is 14.6. The summed E-state index contributed by atoms with van der Waals surface area (Å²) in [5, 5.41) is 1.85. The van der Waals surface area contributed by atoms with Gasteiger partial charge in [-0.2, -0.15) is 13.2 Å². The summed E-state index contributed by atoms with van der Waals surface area (Å²) in [4.78, 5) is 39.6. The monoisotopic (exact) mass is 460 g/mol. The maximum absolute atomic E-state index is 14.6. The van der Waals surface area contributed by atoms with Gasteiger partial charge in [0.05, 0.1) is 18.2 Å². The van der Waals surface area contributed by atoms with Crippen LogP contribution in [-0.2, 0) is 16.0 Å². The maximum Gasteiger partial charge on any atom is 0.425 e. The van der Waals surface area contributed by atoms with Gasteiger partial charge in [-0.25, -0.2) is 0 Å². The number of alkyl halides is 3. The molecule has 33 heavy (non-hydrogen) atoms. The van der Waals surface area contributed by atoms with Crippen LogP contribution in [0.1, 0.15) is 29.8 Å². The molecule has 1 N–H and O–H groups in total. The van der Waals surface area contributed by atoms with Crippen LogP contribution >= 0.6 is 0 Å². The number of carbonyl (C=O) groups is 3. The van der Waals surface area contributed by atoms with Gasteiger partial charge in [0.2, 0.25) is 5.54 Å². The number of methoxy groups -OCH3 is 1. The van der Waals surface area contributed by atoms with Crippen LogP contribution in [0.2, 0.25) is 0 Å². The van der Waals surface area contributed by atoms with Gasteiger partial charge in [-0.1, -0.05) is 42.5 Å². The number of allylic oxidation sites excluding steroid dienone is 1. The number of benzene rings is 2. The Labute approximate surface area is 189 Å². The minimum Gasteiger partial charge on any atom is -0.496 e. The number of Topliss-reactive ketones (excluding diaryl/α,β-unsaturated/α-hetero) is 1. The Hall–Kier alpha value is -3.62. The first-order valence-electron chi connectivity index (χ1n) is 10.1. The second-order valence-electron chi connectivity index (χ2n) is 7.61. The lowest BCUT2D eigenvalue weighted by Crippen LogP contribution is -2.66. The topological polar surface area (TPSA) is 75.7 Å². The average molecular weight is 460 g/mol. The molecule has 0 saturated carbocycles. The molecule has 1 heterocycles. The largest absolute Gasteiger partial charge is 0.496 e.